The third-order valence-corrected chi connectivity index (χ3v) is 4.64. The van der Waals surface area contributed by atoms with Crippen molar-refractivity contribution < 1.29 is 18.7 Å². The van der Waals surface area contributed by atoms with E-state index >= 15 is 0 Å². The number of methoxy groups -OCH3 is 1. The van der Waals surface area contributed by atoms with Gasteiger partial charge in [-0.2, -0.15) is 0 Å². The molecular weight excluding hydrogens is 332 g/mol. The zero-order valence-electron chi connectivity index (χ0n) is 13.8. The lowest BCUT2D eigenvalue weighted by Gasteiger charge is -2.18. The first-order valence-electron chi connectivity index (χ1n) is 7.65. The fourth-order valence-electron chi connectivity index (χ4n) is 2.31. The Kier molecular flexibility index (Phi) is 6.19. The lowest BCUT2D eigenvalue weighted by molar-refractivity contribution is -0.122. The number of nitrogens with one attached hydrogen (secondary N) is 1. The molecule has 1 unspecified atom stereocenters. The van der Waals surface area contributed by atoms with Gasteiger partial charge in [-0.15, -0.1) is 11.8 Å². The molecule has 0 spiro atoms. The molecule has 1 aromatic rings. The molecule has 0 saturated carbocycles. The van der Waals surface area contributed by atoms with Gasteiger partial charge in [0.15, 0.2) is 5.78 Å². The van der Waals surface area contributed by atoms with E-state index in [1.165, 1.54) is 31.9 Å². The van der Waals surface area contributed by atoms with Gasteiger partial charge in [0.2, 0.25) is 5.91 Å². The standard InChI is InChI=1S/C16H20N2O5S/c1-4-5-11(13-6-10(22-3)7-14(20)23-13)17-15(21)12-8-24-16(18-12)9(2)19/h6-7,11-12H,4-5,8H2,1-3H3,(H,17,21)/t11-,12?/m1/s1. The molecule has 2 rings (SSSR count). The van der Waals surface area contributed by atoms with Crippen LogP contribution in [0.2, 0.25) is 0 Å². The Hall–Kier alpha value is -2.09. The highest BCUT2D eigenvalue weighted by Gasteiger charge is 2.29. The summed E-state index contributed by atoms with van der Waals surface area (Å²) >= 11 is 1.28. The average molecular weight is 352 g/mol. The SMILES string of the molecule is CCC[C@@H](NC(=O)C1CSC(C(C)=O)=N1)c1cc(OC)cc(=O)o1. The molecule has 0 aromatic carbocycles. The van der Waals surface area contributed by atoms with Crippen molar-refractivity contribution in [2.24, 2.45) is 4.99 Å². The first-order chi connectivity index (χ1) is 11.4. The predicted molar refractivity (Wildman–Crippen MR) is 91.7 cm³/mol. The number of thioether (sulfide) groups is 1. The van der Waals surface area contributed by atoms with E-state index in [-0.39, 0.29) is 11.7 Å². The van der Waals surface area contributed by atoms with Crippen molar-refractivity contribution in [2.45, 2.75) is 38.8 Å². The van der Waals surface area contributed by atoms with Crippen molar-refractivity contribution in [1.82, 2.24) is 5.32 Å². The molecule has 8 heteroatoms. The van der Waals surface area contributed by atoms with Gasteiger partial charge >= 0.3 is 5.63 Å². The largest absolute Gasteiger partial charge is 0.496 e. The van der Waals surface area contributed by atoms with Gasteiger partial charge in [0.05, 0.1) is 19.2 Å². The summed E-state index contributed by atoms with van der Waals surface area (Å²) in [6.45, 7) is 3.39. The fourth-order valence-corrected chi connectivity index (χ4v) is 3.25. The molecule has 130 valence electrons. The number of ether oxygens (including phenoxy) is 1. The first kappa shape index (κ1) is 18.3. The number of nitrogens with zero attached hydrogens (tertiary/aromatic N) is 1. The maximum Gasteiger partial charge on any atom is 0.339 e. The van der Waals surface area contributed by atoms with Crippen LogP contribution in [-0.4, -0.2) is 35.6 Å². The zero-order chi connectivity index (χ0) is 17.7. The molecule has 0 radical (unpaired) electrons. The number of aliphatic imine (C=N–C) groups is 1. The molecular formula is C16H20N2O5S. The Morgan fingerprint density at radius 2 is 2.25 bits per heavy atom. The lowest BCUT2D eigenvalue weighted by Crippen LogP contribution is -2.37. The second-order valence-corrected chi connectivity index (χ2v) is 6.39. The highest BCUT2D eigenvalue weighted by molar-refractivity contribution is 8.16. The Bertz CT molecular complexity index is 713. The number of Topliss-reactive ketones (excluding diaryl/α,β-unsaturated/α-hetero) is 1. The number of hydrogen-bond acceptors (Lipinski definition) is 7. The summed E-state index contributed by atoms with van der Waals surface area (Å²) in [6.07, 6.45) is 1.39. The Balaban J connectivity index is 2.17. The van der Waals surface area contributed by atoms with Crippen LogP contribution in [0, 0.1) is 0 Å². The number of hydrogen-bond donors (Lipinski definition) is 1. The molecule has 0 fully saturated rings. The van der Waals surface area contributed by atoms with E-state index in [1.807, 2.05) is 6.92 Å². The minimum atomic E-state index is -0.606. The second-order valence-electron chi connectivity index (χ2n) is 5.39. The van der Waals surface area contributed by atoms with Gasteiger partial charge in [-0.05, 0) is 6.42 Å². The van der Waals surface area contributed by atoms with Crippen molar-refractivity contribution in [3.63, 3.8) is 0 Å². The second kappa shape index (κ2) is 8.14. The van der Waals surface area contributed by atoms with Crippen molar-refractivity contribution in [3.8, 4) is 5.75 Å². The van der Waals surface area contributed by atoms with Gasteiger partial charge in [0.1, 0.15) is 22.6 Å². The highest BCUT2D eigenvalue weighted by atomic mass is 32.2. The summed E-state index contributed by atoms with van der Waals surface area (Å²) < 4.78 is 10.3. The van der Waals surface area contributed by atoms with Gasteiger partial charge < -0.3 is 14.5 Å². The molecule has 0 bridgehead atoms. The quantitative estimate of drug-likeness (QED) is 0.802. The number of ketones is 1. The van der Waals surface area contributed by atoms with Gasteiger partial charge in [0, 0.05) is 18.7 Å². The van der Waals surface area contributed by atoms with E-state index in [4.69, 9.17) is 9.15 Å². The van der Waals surface area contributed by atoms with Gasteiger partial charge in [0.25, 0.3) is 0 Å². The van der Waals surface area contributed by atoms with Crippen LogP contribution in [0.3, 0.4) is 0 Å². The van der Waals surface area contributed by atoms with Crippen molar-refractivity contribution >= 4 is 28.5 Å². The monoisotopic (exact) mass is 352 g/mol. The van der Waals surface area contributed by atoms with E-state index in [1.54, 1.807) is 6.07 Å². The summed E-state index contributed by atoms with van der Waals surface area (Å²) in [4.78, 5) is 39.5. The van der Waals surface area contributed by atoms with E-state index in [0.29, 0.717) is 28.7 Å². The van der Waals surface area contributed by atoms with Crippen LogP contribution in [0.15, 0.2) is 26.3 Å². The topological polar surface area (TPSA) is 98.0 Å². The minimum absolute atomic E-state index is 0.140. The summed E-state index contributed by atoms with van der Waals surface area (Å²) in [5.74, 6) is 0.726. The van der Waals surface area contributed by atoms with Crippen LogP contribution in [-0.2, 0) is 9.59 Å². The molecule has 1 N–H and O–H groups in total. The Morgan fingerprint density at radius 1 is 1.50 bits per heavy atom. The molecule has 2 atom stereocenters. The molecule has 1 amide bonds. The third-order valence-electron chi connectivity index (χ3n) is 3.49. The highest BCUT2D eigenvalue weighted by Crippen LogP contribution is 2.23. The molecule has 7 nitrogen and oxygen atoms in total. The molecule has 0 saturated heterocycles. The molecule has 1 aliphatic rings. The number of carbonyl (C=O) groups is 2. The van der Waals surface area contributed by atoms with Gasteiger partial charge in [-0.1, -0.05) is 13.3 Å². The summed E-state index contributed by atoms with van der Waals surface area (Å²) in [6, 6.07) is 1.78. The summed E-state index contributed by atoms with van der Waals surface area (Å²) in [7, 11) is 1.46. The van der Waals surface area contributed by atoms with Crippen molar-refractivity contribution in [2.75, 3.05) is 12.9 Å². The van der Waals surface area contributed by atoms with E-state index < -0.39 is 17.7 Å². The van der Waals surface area contributed by atoms with Crippen molar-refractivity contribution in [3.05, 3.63) is 28.3 Å². The van der Waals surface area contributed by atoms with Crippen LogP contribution in [0.25, 0.3) is 0 Å². The van der Waals surface area contributed by atoms with Crippen LogP contribution >= 0.6 is 11.8 Å². The minimum Gasteiger partial charge on any atom is -0.496 e. The molecule has 2 heterocycles. The van der Waals surface area contributed by atoms with E-state index in [9.17, 15) is 14.4 Å². The predicted octanol–water partition coefficient (Wildman–Crippen LogP) is 1.71. The van der Waals surface area contributed by atoms with E-state index in [2.05, 4.69) is 10.3 Å². The summed E-state index contributed by atoms with van der Waals surface area (Å²) in [5.41, 5.74) is -0.534. The smallest absolute Gasteiger partial charge is 0.339 e. The van der Waals surface area contributed by atoms with E-state index in [0.717, 1.165) is 6.42 Å². The molecule has 1 aliphatic heterocycles. The fraction of sp³-hybridized carbons (Fsp3) is 0.500. The number of rotatable bonds is 7. The normalized spacial score (nSPS) is 18.0. The zero-order valence-corrected chi connectivity index (χ0v) is 14.6. The van der Waals surface area contributed by atoms with Crippen molar-refractivity contribution in [1.29, 1.82) is 0 Å². The lowest BCUT2D eigenvalue weighted by atomic mass is 10.1. The maximum absolute atomic E-state index is 12.4. The Morgan fingerprint density at radius 3 is 2.83 bits per heavy atom. The van der Waals surface area contributed by atoms with Gasteiger partial charge in [-0.3, -0.25) is 14.6 Å². The van der Waals surface area contributed by atoms with Crippen LogP contribution in [0.4, 0.5) is 0 Å². The van der Waals surface area contributed by atoms with Gasteiger partial charge in [-0.25, -0.2) is 4.79 Å². The molecule has 0 aliphatic carbocycles. The first-order valence-corrected chi connectivity index (χ1v) is 8.64. The third kappa shape index (κ3) is 4.47. The maximum atomic E-state index is 12.4. The van der Waals surface area contributed by atoms with Crippen LogP contribution < -0.4 is 15.7 Å². The average Bonchev–Trinajstić information content (AvgIpc) is 3.04. The number of amides is 1. The Labute approximate surface area is 143 Å². The number of carbonyl (C=O) groups excluding carboxylic acids is 2. The molecule has 1 aromatic heterocycles. The summed E-state index contributed by atoms with van der Waals surface area (Å²) in [5, 5.41) is 3.23. The van der Waals surface area contributed by atoms with Crippen LogP contribution in [0.5, 0.6) is 5.75 Å². The van der Waals surface area contributed by atoms with Crippen LogP contribution in [0.1, 0.15) is 38.5 Å². The molecule has 24 heavy (non-hydrogen) atoms.